The van der Waals surface area contributed by atoms with Gasteiger partial charge in [-0.1, -0.05) is 6.92 Å². The van der Waals surface area contributed by atoms with E-state index in [0.29, 0.717) is 12.5 Å². The molecule has 1 N–H and O–H groups in total. The van der Waals surface area contributed by atoms with E-state index in [1.807, 2.05) is 11.9 Å². The van der Waals surface area contributed by atoms with Crippen molar-refractivity contribution in [3.8, 4) is 0 Å². The summed E-state index contributed by atoms with van der Waals surface area (Å²) in [5, 5.41) is 3.34. The molecule has 0 aromatic heterocycles. The summed E-state index contributed by atoms with van der Waals surface area (Å²) in [4.78, 5) is 13.9. The third-order valence-electron chi connectivity index (χ3n) is 2.77. The molecule has 0 bridgehead atoms. The van der Waals surface area contributed by atoms with E-state index in [1.165, 1.54) is 0 Å². The van der Waals surface area contributed by atoms with Crippen molar-refractivity contribution in [3.63, 3.8) is 0 Å². The Bertz CT molecular complexity index is 226. The molecule has 0 saturated carbocycles. The Kier molecular flexibility index (Phi) is 7.88. The summed E-state index contributed by atoms with van der Waals surface area (Å²) in [5.74, 6) is 1.26. The molecule has 0 heterocycles. The van der Waals surface area contributed by atoms with Crippen LogP contribution in [0, 0.1) is 0 Å². The van der Waals surface area contributed by atoms with E-state index in [4.69, 9.17) is 0 Å². The summed E-state index contributed by atoms with van der Waals surface area (Å²) >= 11 is 1.80. The fraction of sp³-hybridized carbons (Fsp3) is 0.923. The van der Waals surface area contributed by atoms with Crippen molar-refractivity contribution >= 4 is 17.7 Å². The molecule has 0 aromatic carbocycles. The average molecular weight is 260 g/mol. The molecule has 102 valence electrons. The van der Waals surface area contributed by atoms with E-state index in [2.05, 4.69) is 39.3 Å². The summed E-state index contributed by atoms with van der Waals surface area (Å²) < 4.78 is 0. The first-order valence-corrected chi connectivity index (χ1v) is 7.70. The molecule has 0 aliphatic carbocycles. The topological polar surface area (TPSA) is 32.3 Å². The van der Waals surface area contributed by atoms with Gasteiger partial charge in [-0.25, -0.2) is 0 Å². The Morgan fingerprint density at radius 3 is 2.41 bits per heavy atom. The predicted molar refractivity (Wildman–Crippen MR) is 77.6 cm³/mol. The predicted octanol–water partition coefficient (Wildman–Crippen LogP) is 2.36. The summed E-state index contributed by atoms with van der Waals surface area (Å²) in [6.07, 6.45) is 3.69. The maximum Gasteiger partial charge on any atom is 0.223 e. The fourth-order valence-electron chi connectivity index (χ4n) is 1.62. The van der Waals surface area contributed by atoms with Crippen LogP contribution >= 0.6 is 11.8 Å². The number of nitrogens with zero attached hydrogens (tertiary/aromatic N) is 1. The highest BCUT2D eigenvalue weighted by molar-refractivity contribution is 7.98. The highest BCUT2D eigenvalue weighted by Crippen LogP contribution is 2.09. The summed E-state index contributed by atoms with van der Waals surface area (Å²) in [6, 6.07) is 0.368. The first-order valence-electron chi connectivity index (χ1n) is 6.31. The van der Waals surface area contributed by atoms with Crippen LogP contribution in [0.15, 0.2) is 0 Å². The van der Waals surface area contributed by atoms with Crippen molar-refractivity contribution in [2.75, 3.05) is 25.6 Å². The largest absolute Gasteiger partial charge is 0.342 e. The number of nitrogens with one attached hydrogen (secondary N) is 1. The van der Waals surface area contributed by atoms with Gasteiger partial charge in [0.2, 0.25) is 5.91 Å². The molecular formula is C13H28N2OS. The first-order chi connectivity index (χ1) is 7.81. The molecule has 0 spiro atoms. The molecule has 1 amide bonds. The molecular weight excluding hydrogens is 232 g/mol. The lowest BCUT2D eigenvalue weighted by Crippen LogP contribution is -2.42. The lowest BCUT2D eigenvalue weighted by molar-refractivity contribution is -0.131. The van der Waals surface area contributed by atoms with Gasteiger partial charge in [0.1, 0.15) is 0 Å². The highest BCUT2D eigenvalue weighted by atomic mass is 32.2. The van der Waals surface area contributed by atoms with Crippen LogP contribution < -0.4 is 5.32 Å². The lowest BCUT2D eigenvalue weighted by Gasteiger charge is -2.27. The number of carbonyl (C=O) groups is 1. The monoisotopic (exact) mass is 260 g/mol. The van der Waals surface area contributed by atoms with Gasteiger partial charge in [0, 0.05) is 37.3 Å². The number of hydrogen-bond donors (Lipinski definition) is 1. The van der Waals surface area contributed by atoms with E-state index in [-0.39, 0.29) is 11.4 Å². The van der Waals surface area contributed by atoms with Crippen LogP contribution in [0.2, 0.25) is 0 Å². The molecule has 0 aliphatic heterocycles. The van der Waals surface area contributed by atoms with Crippen molar-refractivity contribution in [2.24, 2.45) is 0 Å². The Hall–Kier alpha value is -0.220. The molecule has 4 heteroatoms. The molecule has 0 fully saturated rings. The van der Waals surface area contributed by atoms with Crippen molar-refractivity contribution in [3.05, 3.63) is 0 Å². The van der Waals surface area contributed by atoms with Crippen LogP contribution in [-0.4, -0.2) is 48.0 Å². The molecule has 3 nitrogen and oxygen atoms in total. The zero-order chi connectivity index (χ0) is 13.5. The third-order valence-corrected chi connectivity index (χ3v) is 3.48. The van der Waals surface area contributed by atoms with E-state index in [0.717, 1.165) is 18.7 Å². The van der Waals surface area contributed by atoms with Crippen LogP contribution in [0.4, 0.5) is 0 Å². The maximum atomic E-state index is 12.0. The number of amides is 1. The van der Waals surface area contributed by atoms with Crippen LogP contribution in [0.1, 0.15) is 40.5 Å². The Labute approximate surface area is 111 Å². The van der Waals surface area contributed by atoms with Crippen LogP contribution in [0.3, 0.4) is 0 Å². The first kappa shape index (κ1) is 16.8. The van der Waals surface area contributed by atoms with Crippen molar-refractivity contribution in [2.45, 2.75) is 52.1 Å². The summed E-state index contributed by atoms with van der Waals surface area (Å²) in [5.41, 5.74) is 0.0856. The zero-order valence-electron chi connectivity index (χ0n) is 12.2. The number of carbonyl (C=O) groups excluding carboxylic acids is 1. The minimum atomic E-state index is 0.0856. The van der Waals surface area contributed by atoms with Crippen LogP contribution in [-0.2, 0) is 4.79 Å². The Morgan fingerprint density at radius 1 is 1.41 bits per heavy atom. The second-order valence-electron chi connectivity index (χ2n) is 5.45. The highest BCUT2D eigenvalue weighted by Gasteiger charge is 2.18. The molecule has 0 aromatic rings. The standard InChI is InChI=1S/C13H28N2OS/c1-7-11(10-17-6)15(5)12(16)8-9-14-13(2,3)4/h11,14H,7-10H2,1-6H3. The average Bonchev–Trinajstić information content (AvgIpc) is 2.23. The van der Waals surface area contributed by atoms with Gasteiger partial charge >= 0.3 is 0 Å². The molecule has 1 atom stereocenters. The van der Waals surface area contributed by atoms with Crippen molar-refractivity contribution < 1.29 is 4.79 Å². The fourth-order valence-corrected chi connectivity index (χ4v) is 2.46. The quantitative estimate of drug-likeness (QED) is 0.763. The number of hydrogen-bond acceptors (Lipinski definition) is 3. The van der Waals surface area contributed by atoms with Gasteiger partial charge < -0.3 is 10.2 Å². The molecule has 0 rings (SSSR count). The normalized spacial score (nSPS) is 13.5. The van der Waals surface area contributed by atoms with Crippen molar-refractivity contribution in [1.82, 2.24) is 10.2 Å². The second kappa shape index (κ2) is 7.98. The van der Waals surface area contributed by atoms with E-state index < -0.39 is 0 Å². The molecule has 0 aliphatic rings. The maximum absolute atomic E-state index is 12.0. The van der Waals surface area contributed by atoms with Gasteiger partial charge in [-0.3, -0.25) is 4.79 Å². The van der Waals surface area contributed by atoms with Gasteiger partial charge in [-0.05, 0) is 33.4 Å². The van der Waals surface area contributed by atoms with E-state index in [1.54, 1.807) is 11.8 Å². The number of thioether (sulfide) groups is 1. The molecule has 1 unspecified atom stereocenters. The smallest absolute Gasteiger partial charge is 0.223 e. The van der Waals surface area contributed by atoms with Crippen LogP contribution in [0.5, 0.6) is 0 Å². The third kappa shape index (κ3) is 7.66. The second-order valence-corrected chi connectivity index (χ2v) is 6.36. The Balaban J connectivity index is 4.04. The number of rotatable bonds is 7. The van der Waals surface area contributed by atoms with Gasteiger partial charge in [-0.2, -0.15) is 11.8 Å². The molecule has 0 saturated heterocycles. The molecule has 17 heavy (non-hydrogen) atoms. The minimum Gasteiger partial charge on any atom is -0.342 e. The Morgan fingerprint density at radius 2 is 2.00 bits per heavy atom. The van der Waals surface area contributed by atoms with Gasteiger partial charge in [0.05, 0.1) is 0 Å². The minimum absolute atomic E-state index is 0.0856. The summed E-state index contributed by atoms with van der Waals surface area (Å²) in [6.45, 7) is 9.23. The van der Waals surface area contributed by atoms with E-state index in [9.17, 15) is 4.79 Å². The summed E-state index contributed by atoms with van der Waals surface area (Å²) in [7, 11) is 1.92. The molecule has 0 radical (unpaired) electrons. The van der Waals surface area contributed by atoms with Crippen LogP contribution in [0.25, 0.3) is 0 Å². The van der Waals surface area contributed by atoms with Gasteiger partial charge in [0.25, 0.3) is 0 Å². The van der Waals surface area contributed by atoms with E-state index >= 15 is 0 Å². The van der Waals surface area contributed by atoms with Crippen molar-refractivity contribution in [1.29, 1.82) is 0 Å². The van der Waals surface area contributed by atoms with Gasteiger partial charge in [-0.15, -0.1) is 0 Å². The lowest BCUT2D eigenvalue weighted by atomic mass is 10.1. The SMILES string of the molecule is CCC(CSC)N(C)C(=O)CCNC(C)(C)C. The van der Waals surface area contributed by atoms with Gasteiger partial charge in [0.15, 0.2) is 0 Å². The zero-order valence-corrected chi connectivity index (χ0v) is 13.0.